The molecule has 0 bridgehead atoms. The van der Waals surface area contributed by atoms with E-state index in [1.807, 2.05) is 18.3 Å². The molecule has 6 rings (SSSR count). The molecule has 1 amide bonds. The van der Waals surface area contributed by atoms with Gasteiger partial charge >= 0.3 is 0 Å². The van der Waals surface area contributed by atoms with Gasteiger partial charge in [0.1, 0.15) is 17.0 Å². The quantitative estimate of drug-likeness (QED) is 0.336. The van der Waals surface area contributed by atoms with Crippen LogP contribution in [0.3, 0.4) is 0 Å². The van der Waals surface area contributed by atoms with E-state index in [2.05, 4.69) is 68.1 Å². The number of benzene rings is 2. The molecule has 0 radical (unpaired) electrons. The third kappa shape index (κ3) is 3.90. The van der Waals surface area contributed by atoms with Gasteiger partial charge in [0.15, 0.2) is 0 Å². The second-order valence-corrected chi connectivity index (χ2v) is 9.93. The first-order chi connectivity index (χ1) is 16.6. The van der Waals surface area contributed by atoms with Crippen molar-refractivity contribution < 1.29 is 4.79 Å². The number of carbonyl (C=O) groups is 1. The van der Waals surface area contributed by atoms with E-state index in [1.165, 1.54) is 16.0 Å². The summed E-state index contributed by atoms with van der Waals surface area (Å²) in [6.07, 6.45) is 5.84. The Morgan fingerprint density at radius 3 is 2.94 bits per heavy atom. The molecular formula is C26H24N6OS. The van der Waals surface area contributed by atoms with Gasteiger partial charge in [-0.1, -0.05) is 29.8 Å². The number of fused-ring (bicyclic) bond motifs is 4. The van der Waals surface area contributed by atoms with Crippen molar-refractivity contribution in [1.82, 2.24) is 25.5 Å². The summed E-state index contributed by atoms with van der Waals surface area (Å²) in [6, 6.07) is 14.4. The Kier molecular flexibility index (Phi) is 5.22. The number of anilines is 2. The van der Waals surface area contributed by atoms with Gasteiger partial charge in [0, 0.05) is 28.4 Å². The van der Waals surface area contributed by atoms with Crippen LogP contribution in [-0.2, 0) is 24.2 Å². The second-order valence-electron chi connectivity index (χ2n) is 8.85. The fourth-order valence-corrected chi connectivity index (χ4v) is 5.89. The molecule has 3 aromatic heterocycles. The van der Waals surface area contributed by atoms with Gasteiger partial charge < -0.3 is 10.6 Å². The molecule has 3 N–H and O–H groups in total. The minimum Gasteiger partial charge on any atom is -0.352 e. The monoisotopic (exact) mass is 468 g/mol. The number of carbonyl (C=O) groups excluding carboxylic acids is 1. The molecule has 8 heteroatoms. The molecule has 7 nitrogen and oxygen atoms in total. The van der Waals surface area contributed by atoms with Crippen LogP contribution in [0.15, 0.2) is 55.0 Å². The highest BCUT2D eigenvalue weighted by Gasteiger charge is 2.29. The Balaban J connectivity index is 1.21. The van der Waals surface area contributed by atoms with E-state index in [-0.39, 0.29) is 11.8 Å². The van der Waals surface area contributed by atoms with E-state index in [0.29, 0.717) is 6.54 Å². The summed E-state index contributed by atoms with van der Waals surface area (Å²) in [5.74, 6) is 0.924. The second kappa shape index (κ2) is 8.53. The topological polar surface area (TPSA) is 95.6 Å². The number of hydrogen-bond donors (Lipinski definition) is 3. The van der Waals surface area contributed by atoms with E-state index < -0.39 is 0 Å². The summed E-state index contributed by atoms with van der Waals surface area (Å²) in [5, 5.41) is 15.8. The molecule has 0 aliphatic heterocycles. The zero-order valence-electron chi connectivity index (χ0n) is 18.8. The molecule has 0 saturated heterocycles. The van der Waals surface area contributed by atoms with Gasteiger partial charge in [-0.3, -0.25) is 9.89 Å². The predicted molar refractivity (Wildman–Crippen MR) is 135 cm³/mol. The van der Waals surface area contributed by atoms with Crippen LogP contribution in [-0.4, -0.2) is 26.1 Å². The number of thiophene rings is 1. The number of nitrogens with one attached hydrogen (secondary N) is 3. The molecule has 1 unspecified atom stereocenters. The van der Waals surface area contributed by atoms with E-state index in [1.54, 1.807) is 17.7 Å². The molecule has 170 valence electrons. The summed E-state index contributed by atoms with van der Waals surface area (Å²) in [4.78, 5) is 24.2. The van der Waals surface area contributed by atoms with E-state index >= 15 is 0 Å². The molecular weight excluding hydrogens is 444 g/mol. The molecule has 1 aliphatic carbocycles. The Hall–Kier alpha value is -3.78. The number of aromatic nitrogens is 4. The molecule has 34 heavy (non-hydrogen) atoms. The van der Waals surface area contributed by atoms with E-state index in [4.69, 9.17) is 0 Å². The highest BCUT2D eigenvalue weighted by molar-refractivity contribution is 7.19. The first kappa shape index (κ1) is 20.8. The maximum Gasteiger partial charge on any atom is 0.223 e. The standard InChI is InChI=1S/C26H24N6OS/c1-15-2-4-16(5-3-15)12-27-25(33)17-6-8-20-22(11-17)34-26-23(20)24(28-14-29-26)31-19-7-9-21-18(10-19)13-30-32-21/h2-5,7,9-10,13-14,17H,6,8,11-12H2,1H3,(H,27,33)(H,30,32)(H,28,29,31). The molecule has 1 atom stereocenters. The van der Waals surface area contributed by atoms with E-state index in [0.717, 1.165) is 57.5 Å². The van der Waals surface area contributed by atoms with Crippen molar-refractivity contribution in [2.24, 2.45) is 5.92 Å². The normalized spacial score (nSPS) is 15.4. The first-order valence-electron chi connectivity index (χ1n) is 11.4. The third-order valence-electron chi connectivity index (χ3n) is 6.51. The number of rotatable bonds is 5. The van der Waals surface area contributed by atoms with Gasteiger partial charge in [0.2, 0.25) is 5.91 Å². The number of amides is 1. The minimum absolute atomic E-state index is 0.0149. The van der Waals surface area contributed by atoms with Gasteiger partial charge in [-0.05, 0) is 55.5 Å². The average Bonchev–Trinajstić information content (AvgIpc) is 3.47. The minimum atomic E-state index is -0.0149. The molecule has 0 spiro atoms. The predicted octanol–water partition coefficient (Wildman–Crippen LogP) is 5.04. The van der Waals surface area contributed by atoms with Crippen LogP contribution in [0.4, 0.5) is 11.5 Å². The van der Waals surface area contributed by atoms with Crippen LogP contribution < -0.4 is 10.6 Å². The van der Waals surface area contributed by atoms with Crippen LogP contribution in [0.1, 0.15) is 28.0 Å². The summed E-state index contributed by atoms with van der Waals surface area (Å²) >= 11 is 1.68. The van der Waals surface area contributed by atoms with Crippen LogP contribution in [0.2, 0.25) is 0 Å². The van der Waals surface area contributed by atoms with Crippen molar-refractivity contribution in [2.45, 2.75) is 32.7 Å². The lowest BCUT2D eigenvalue weighted by atomic mass is 9.87. The van der Waals surface area contributed by atoms with Crippen molar-refractivity contribution in [3.05, 3.63) is 76.6 Å². The number of aromatic amines is 1. The Bertz CT molecular complexity index is 1500. The highest BCUT2D eigenvalue weighted by Crippen LogP contribution is 2.40. The lowest BCUT2D eigenvalue weighted by Crippen LogP contribution is -2.33. The number of aryl methyl sites for hydroxylation is 2. The Morgan fingerprint density at radius 2 is 2.06 bits per heavy atom. The van der Waals surface area contributed by atoms with Gasteiger partial charge in [0.25, 0.3) is 0 Å². The van der Waals surface area contributed by atoms with Gasteiger partial charge in [-0.25, -0.2) is 9.97 Å². The van der Waals surface area contributed by atoms with Crippen LogP contribution >= 0.6 is 11.3 Å². The fourth-order valence-electron chi connectivity index (χ4n) is 4.63. The molecule has 5 aromatic rings. The lowest BCUT2D eigenvalue weighted by molar-refractivity contribution is -0.125. The maximum absolute atomic E-state index is 12.9. The smallest absolute Gasteiger partial charge is 0.223 e. The number of H-pyrrole nitrogens is 1. The van der Waals surface area contributed by atoms with Crippen molar-refractivity contribution in [3.63, 3.8) is 0 Å². The first-order valence-corrected chi connectivity index (χ1v) is 12.2. The largest absolute Gasteiger partial charge is 0.352 e. The van der Waals surface area contributed by atoms with Gasteiger partial charge in [-0.15, -0.1) is 11.3 Å². The van der Waals surface area contributed by atoms with Gasteiger partial charge in [-0.2, -0.15) is 5.10 Å². The lowest BCUT2D eigenvalue weighted by Gasteiger charge is -2.22. The van der Waals surface area contributed by atoms with E-state index in [9.17, 15) is 4.79 Å². The molecule has 0 fully saturated rings. The van der Waals surface area contributed by atoms with Crippen molar-refractivity contribution in [3.8, 4) is 0 Å². The fraction of sp³-hybridized carbons (Fsp3) is 0.231. The SMILES string of the molecule is Cc1ccc(CNC(=O)C2CCc3c(sc4ncnc(Nc5ccc6[nH]ncc6c5)c34)C2)cc1. The maximum atomic E-state index is 12.9. The van der Waals surface area contributed by atoms with Crippen molar-refractivity contribution >= 4 is 49.9 Å². The Morgan fingerprint density at radius 1 is 1.18 bits per heavy atom. The molecule has 3 heterocycles. The zero-order valence-corrected chi connectivity index (χ0v) is 19.6. The molecule has 1 aliphatic rings. The summed E-state index contributed by atoms with van der Waals surface area (Å²) < 4.78 is 0. The zero-order chi connectivity index (χ0) is 23.1. The van der Waals surface area contributed by atoms with Crippen LogP contribution in [0, 0.1) is 12.8 Å². The summed E-state index contributed by atoms with van der Waals surface area (Å²) in [5.41, 5.74) is 5.57. The molecule has 2 aromatic carbocycles. The van der Waals surface area contributed by atoms with Crippen molar-refractivity contribution in [1.29, 1.82) is 0 Å². The number of hydrogen-bond acceptors (Lipinski definition) is 6. The molecule has 0 saturated carbocycles. The van der Waals surface area contributed by atoms with Crippen LogP contribution in [0.25, 0.3) is 21.1 Å². The highest BCUT2D eigenvalue weighted by atomic mass is 32.1. The summed E-state index contributed by atoms with van der Waals surface area (Å²) in [7, 11) is 0. The average molecular weight is 469 g/mol. The van der Waals surface area contributed by atoms with Gasteiger partial charge in [0.05, 0.1) is 17.1 Å². The van der Waals surface area contributed by atoms with Crippen LogP contribution in [0.5, 0.6) is 0 Å². The van der Waals surface area contributed by atoms with Crippen molar-refractivity contribution in [2.75, 3.05) is 5.32 Å². The summed E-state index contributed by atoms with van der Waals surface area (Å²) in [6.45, 7) is 2.63. The Labute approximate surface area is 200 Å². The number of nitrogens with zero attached hydrogens (tertiary/aromatic N) is 3. The third-order valence-corrected chi connectivity index (χ3v) is 7.67.